The number of hydrogen-bond donors (Lipinski definition) is 1. The summed E-state index contributed by atoms with van der Waals surface area (Å²) in [5.74, 6) is 0. The van der Waals surface area contributed by atoms with Crippen LogP contribution in [0, 0.1) is 11.3 Å². The quantitative estimate of drug-likeness (QED) is 0.516. The molecule has 0 amide bonds. The second-order valence-corrected chi connectivity index (χ2v) is 6.21. The average molecular weight is 327 g/mol. The van der Waals surface area contributed by atoms with Crippen LogP contribution >= 0.6 is 39.2 Å². The zero-order chi connectivity index (χ0) is 11.6. The van der Waals surface area contributed by atoms with E-state index in [4.69, 9.17) is 15.9 Å². The van der Waals surface area contributed by atoms with Crippen LogP contribution in [0.4, 0.5) is 0 Å². The highest BCUT2D eigenvalue weighted by atomic mass is 79.9. The average Bonchev–Trinajstić information content (AvgIpc) is 2.16. The van der Waals surface area contributed by atoms with Gasteiger partial charge in [-0.3, -0.25) is 0 Å². The molecule has 0 N–H and O–H groups in total. The standard InChI is InChI=1S/C8H5BrClNO2S2/c9-3-6-1-5(4-11)2-7(8(6)14)15(10,12)13/h1-2,14H,3H2. The van der Waals surface area contributed by atoms with Crippen molar-refractivity contribution in [1.82, 2.24) is 0 Å². The third-order valence-corrected chi connectivity index (χ3v) is 4.32. The Kier molecular flexibility index (Phi) is 4.06. The van der Waals surface area contributed by atoms with Crippen molar-refractivity contribution in [3.63, 3.8) is 0 Å². The van der Waals surface area contributed by atoms with Crippen molar-refractivity contribution in [3.8, 4) is 6.07 Å². The lowest BCUT2D eigenvalue weighted by molar-refractivity contribution is 0.607. The number of halogens is 2. The number of nitriles is 1. The van der Waals surface area contributed by atoms with Gasteiger partial charge in [-0.15, -0.1) is 12.6 Å². The van der Waals surface area contributed by atoms with Gasteiger partial charge < -0.3 is 0 Å². The molecule has 80 valence electrons. The molecule has 0 heterocycles. The van der Waals surface area contributed by atoms with Crippen molar-refractivity contribution in [2.24, 2.45) is 0 Å². The predicted octanol–water partition coefficient (Wildman–Crippen LogP) is 2.67. The van der Waals surface area contributed by atoms with E-state index < -0.39 is 9.05 Å². The van der Waals surface area contributed by atoms with E-state index in [1.165, 1.54) is 6.07 Å². The van der Waals surface area contributed by atoms with Gasteiger partial charge in [-0.2, -0.15) is 5.26 Å². The monoisotopic (exact) mass is 325 g/mol. The van der Waals surface area contributed by atoms with Crippen molar-refractivity contribution in [3.05, 3.63) is 23.3 Å². The van der Waals surface area contributed by atoms with Crippen LogP contribution in [-0.2, 0) is 14.4 Å². The van der Waals surface area contributed by atoms with Gasteiger partial charge in [0.15, 0.2) is 0 Å². The summed E-state index contributed by atoms with van der Waals surface area (Å²) in [5, 5.41) is 9.11. The Morgan fingerprint density at radius 3 is 2.53 bits per heavy atom. The molecule has 3 nitrogen and oxygen atoms in total. The van der Waals surface area contributed by atoms with Crippen LogP contribution in [0.15, 0.2) is 21.9 Å². The minimum absolute atomic E-state index is 0.138. The molecule has 15 heavy (non-hydrogen) atoms. The maximum atomic E-state index is 11.2. The van der Waals surface area contributed by atoms with Crippen LogP contribution in [0.1, 0.15) is 11.1 Å². The van der Waals surface area contributed by atoms with Crippen molar-refractivity contribution in [1.29, 1.82) is 5.26 Å². The van der Waals surface area contributed by atoms with Gasteiger partial charge in [-0.1, -0.05) is 15.9 Å². The van der Waals surface area contributed by atoms with Crippen LogP contribution in [0.2, 0.25) is 0 Å². The minimum atomic E-state index is -3.87. The minimum Gasteiger partial charge on any atom is -0.207 e. The first-order valence-electron chi connectivity index (χ1n) is 3.66. The fourth-order valence-corrected chi connectivity index (χ4v) is 3.40. The first-order chi connectivity index (χ1) is 6.90. The number of benzene rings is 1. The fraction of sp³-hybridized carbons (Fsp3) is 0.125. The zero-order valence-electron chi connectivity index (χ0n) is 7.24. The largest absolute Gasteiger partial charge is 0.262 e. The van der Waals surface area contributed by atoms with Crippen LogP contribution in [0.5, 0.6) is 0 Å². The van der Waals surface area contributed by atoms with Crippen molar-refractivity contribution in [2.75, 3.05) is 0 Å². The Hall–Kier alpha value is -0.220. The molecule has 0 atom stereocenters. The molecule has 0 saturated heterocycles. The summed E-state index contributed by atoms with van der Waals surface area (Å²) in [6.45, 7) is 0. The molecule has 0 fully saturated rings. The number of rotatable bonds is 2. The highest BCUT2D eigenvalue weighted by Crippen LogP contribution is 2.29. The third kappa shape index (κ3) is 2.88. The van der Waals surface area contributed by atoms with E-state index in [1.54, 1.807) is 6.07 Å². The Morgan fingerprint density at radius 2 is 2.13 bits per heavy atom. The SMILES string of the molecule is N#Cc1cc(CBr)c(S)c(S(=O)(=O)Cl)c1. The molecule has 7 heteroatoms. The second-order valence-electron chi connectivity index (χ2n) is 2.67. The van der Waals surface area contributed by atoms with E-state index in [1.807, 2.05) is 6.07 Å². The van der Waals surface area contributed by atoms with E-state index in [0.29, 0.717) is 10.9 Å². The van der Waals surface area contributed by atoms with E-state index in [9.17, 15) is 8.42 Å². The van der Waals surface area contributed by atoms with Gasteiger partial charge in [0.2, 0.25) is 0 Å². The summed E-state index contributed by atoms with van der Waals surface area (Å²) in [6.07, 6.45) is 0. The summed E-state index contributed by atoms with van der Waals surface area (Å²) in [5.41, 5.74) is 0.845. The first kappa shape index (κ1) is 12.8. The lowest BCUT2D eigenvalue weighted by atomic mass is 10.1. The summed E-state index contributed by atoms with van der Waals surface area (Å²) >= 11 is 7.24. The Balaban J connectivity index is 3.60. The number of thiol groups is 1. The molecule has 0 saturated carbocycles. The molecule has 0 unspecified atom stereocenters. The highest BCUT2D eigenvalue weighted by Gasteiger charge is 2.17. The third-order valence-electron chi connectivity index (χ3n) is 1.69. The molecule has 0 aromatic heterocycles. The lowest BCUT2D eigenvalue weighted by Crippen LogP contribution is -1.97. The van der Waals surface area contributed by atoms with Crippen LogP contribution < -0.4 is 0 Å². The Morgan fingerprint density at radius 1 is 1.53 bits per heavy atom. The predicted molar refractivity (Wildman–Crippen MR) is 64.1 cm³/mol. The molecule has 0 bridgehead atoms. The molecule has 0 aliphatic heterocycles. The van der Waals surface area contributed by atoms with Gasteiger partial charge in [0.25, 0.3) is 9.05 Å². The van der Waals surface area contributed by atoms with Gasteiger partial charge in [-0.25, -0.2) is 8.42 Å². The molecule has 0 aliphatic carbocycles. The first-order valence-corrected chi connectivity index (χ1v) is 7.54. The molecule has 1 aromatic carbocycles. The number of alkyl halides is 1. The van der Waals surface area contributed by atoms with Gasteiger partial charge in [0, 0.05) is 20.9 Å². The van der Waals surface area contributed by atoms with E-state index in [2.05, 4.69) is 28.6 Å². The zero-order valence-corrected chi connectivity index (χ0v) is 11.3. The Bertz CT molecular complexity index is 536. The number of nitrogens with zero attached hydrogens (tertiary/aromatic N) is 1. The lowest BCUT2D eigenvalue weighted by Gasteiger charge is -2.06. The maximum absolute atomic E-state index is 11.2. The van der Waals surface area contributed by atoms with E-state index >= 15 is 0 Å². The molecule has 0 radical (unpaired) electrons. The summed E-state index contributed by atoms with van der Waals surface area (Å²) in [7, 11) is 1.35. The van der Waals surface area contributed by atoms with Gasteiger partial charge in [0.1, 0.15) is 0 Å². The molecule has 0 aliphatic rings. The summed E-state index contributed by atoms with van der Waals surface area (Å²) in [4.78, 5) is 0.127. The Labute approximate surface area is 106 Å². The van der Waals surface area contributed by atoms with Gasteiger partial charge >= 0.3 is 0 Å². The highest BCUT2D eigenvalue weighted by molar-refractivity contribution is 9.08. The fourth-order valence-electron chi connectivity index (χ4n) is 1.02. The van der Waals surface area contributed by atoms with Crippen LogP contribution in [-0.4, -0.2) is 8.42 Å². The van der Waals surface area contributed by atoms with Gasteiger partial charge in [-0.05, 0) is 17.7 Å². The topological polar surface area (TPSA) is 57.9 Å². The summed E-state index contributed by atoms with van der Waals surface area (Å²) in [6, 6.07) is 4.63. The molecular formula is C8H5BrClNO2S2. The van der Waals surface area contributed by atoms with E-state index in [0.717, 1.165) is 0 Å². The van der Waals surface area contributed by atoms with Crippen molar-refractivity contribution < 1.29 is 8.42 Å². The van der Waals surface area contributed by atoms with Gasteiger partial charge in [0.05, 0.1) is 16.5 Å². The number of hydrogen-bond acceptors (Lipinski definition) is 4. The molecular weight excluding hydrogens is 322 g/mol. The smallest absolute Gasteiger partial charge is 0.207 e. The molecule has 1 aromatic rings. The molecule has 1 rings (SSSR count). The van der Waals surface area contributed by atoms with E-state index in [-0.39, 0.29) is 15.4 Å². The molecule has 0 spiro atoms. The normalized spacial score (nSPS) is 11.1. The van der Waals surface area contributed by atoms with Crippen molar-refractivity contribution >= 4 is 48.3 Å². The second kappa shape index (κ2) is 4.74. The van der Waals surface area contributed by atoms with Crippen molar-refractivity contribution in [2.45, 2.75) is 15.1 Å². The van der Waals surface area contributed by atoms with Crippen LogP contribution in [0.3, 0.4) is 0 Å². The maximum Gasteiger partial charge on any atom is 0.262 e. The van der Waals surface area contributed by atoms with Crippen LogP contribution in [0.25, 0.3) is 0 Å². The summed E-state index contributed by atoms with van der Waals surface area (Å²) < 4.78 is 22.4.